The lowest BCUT2D eigenvalue weighted by Crippen LogP contribution is -2.28. The summed E-state index contributed by atoms with van der Waals surface area (Å²) in [5.41, 5.74) is 5.26. The fourth-order valence-corrected chi connectivity index (χ4v) is 3.58. The minimum atomic E-state index is -4.23. The standard InChI is InChI=1S/C21H44NO7P/c1-3-5-7-9-10-11-13-16-26-18-20(19-28-30(24,25)27-17-15-22)29-21(23)14-12-8-6-4-2/h20H,3-19,22H2,1-2H3,(H,24,25). The van der Waals surface area contributed by atoms with Gasteiger partial charge in [-0.2, -0.15) is 0 Å². The molecule has 2 unspecified atom stereocenters. The van der Waals surface area contributed by atoms with Crippen molar-refractivity contribution in [1.82, 2.24) is 0 Å². The summed E-state index contributed by atoms with van der Waals surface area (Å²) >= 11 is 0. The van der Waals surface area contributed by atoms with E-state index < -0.39 is 13.9 Å². The third-order valence-corrected chi connectivity index (χ3v) is 5.51. The minimum Gasteiger partial charge on any atom is -0.457 e. The highest BCUT2D eigenvalue weighted by molar-refractivity contribution is 7.47. The summed E-state index contributed by atoms with van der Waals surface area (Å²) in [7, 11) is -4.23. The van der Waals surface area contributed by atoms with Crippen LogP contribution in [0.2, 0.25) is 0 Å². The normalized spacial score (nSPS) is 14.4. The van der Waals surface area contributed by atoms with E-state index in [4.69, 9.17) is 24.3 Å². The Balaban J connectivity index is 4.26. The van der Waals surface area contributed by atoms with Gasteiger partial charge < -0.3 is 20.1 Å². The Kier molecular flexibility index (Phi) is 20.1. The summed E-state index contributed by atoms with van der Waals surface area (Å²) in [5.74, 6) is -0.352. The van der Waals surface area contributed by atoms with Crippen LogP contribution in [-0.2, 0) is 27.9 Å². The molecule has 0 spiro atoms. The van der Waals surface area contributed by atoms with Crippen molar-refractivity contribution in [3.63, 3.8) is 0 Å². The van der Waals surface area contributed by atoms with Crippen LogP contribution in [0.3, 0.4) is 0 Å². The van der Waals surface area contributed by atoms with Gasteiger partial charge in [0.1, 0.15) is 6.10 Å². The Bertz CT molecular complexity index is 451. The first-order valence-electron chi connectivity index (χ1n) is 11.5. The fourth-order valence-electron chi connectivity index (χ4n) is 2.82. The molecule has 0 aromatic carbocycles. The Morgan fingerprint density at radius 3 is 2.10 bits per heavy atom. The van der Waals surface area contributed by atoms with Gasteiger partial charge >= 0.3 is 13.8 Å². The molecular formula is C21H44NO7P. The zero-order valence-electron chi connectivity index (χ0n) is 19.0. The molecule has 9 heteroatoms. The van der Waals surface area contributed by atoms with Crippen LogP contribution in [0.15, 0.2) is 0 Å². The van der Waals surface area contributed by atoms with Gasteiger partial charge in [0.05, 0.1) is 19.8 Å². The largest absolute Gasteiger partial charge is 0.472 e. The highest BCUT2D eigenvalue weighted by atomic mass is 31.2. The Labute approximate surface area is 182 Å². The van der Waals surface area contributed by atoms with Gasteiger partial charge in [0.2, 0.25) is 0 Å². The molecule has 30 heavy (non-hydrogen) atoms. The molecule has 0 saturated heterocycles. The van der Waals surface area contributed by atoms with Gasteiger partial charge in [-0.25, -0.2) is 4.57 Å². The Morgan fingerprint density at radius 2 is 1.47 bits per heavy atom. The van der Waals surface area contributed by atoms with E-state index in [9.17, 15) is 14.3 Å². The molecule has 0 saturated carbocycles. The molecule has 180 valence electrons. The fraction of sp³-hybridized carbons (Fsp3) is 0.952. The Hall–Kier alpha value is -0.500. The molecule has 0 aliphatic rings. The van der Waals surface area contributed by atoms with E-state index in [2.05, 4.69) is 13.8 Å². The number of ether oxygens (including phenoxy) is 2. The number of rotatable bonds is 22. The first-order chi connectivity index (χ1) is 14.4. The first kappa shape index (κ1) is 29.5. The third-order valence-electron chi connectivity index (χ3n) is 4.52. The van der Waals surface area contributed by atoms with E-state index in [-0.39, 0.29) is 32.3 Å². The molecule has 8 nitrogen and oxygen atoms in total. The number of carbonyl (C=O) groups excluding carboxylic acids is 1. The van der Waals surface area contributed by atoms with E-state index in [1.54, 1.807) is 0 Å². The third kappa shape index (κ3) is 19.5. The number of nitrogens with two attached hydrogens (primary N) is 1. The molecular weight excluding hydrogens is 409 g/mol. The lowest BCUT2D eigenvalue weighted by atomic mass is 10.1. The maximum absolute atomic E-state index is 12.1. The van der Waals surface area contributed by atoms with Gasteiger partial charge in [0.15, 0.2) is 0 Å². The number of phosphoric acid groups is 1. The SMILES string of the molecule is CCCCCCCCCOCC(COP(=O)(O)OCCN)OC(=O)CCCCCC. The monoisotopic (exact) mass is 453 g/mol. The lowest BCUT2D eigenvalue weighted by molar-refractivity contribution is -0.154. The maximum atomic E-state index is 12.1. The summed E-state index contributed by atoms with van der Waals surface area (Å²) in [5, 5.41) is 0. The van der Waals surface area contributed by atoms with Crippen molar-refractivity contribution in [1.29, 1.82) is 0 Å². The van der Waals surface area contributed by atoms with Crippen LogP contribution in [0.25, 0.3) is 0 Å². The zero-order valence-corrected chi connectivity index (χ0v) is 19.9. The van der Waals surface area contributed by atoms with Crippen LogP contribution in [0, 0.1) is 0 Å². The lowest BCUT2D eigenvalue weighted by Gasteiger charge is -2.20. The summed E-state index contributed by atoms with van der Waals surface area (Å²) in [4.78, 5) is 21.7. The van der Waals surface area contributed by atoms with E-state index >= 15 is 0 Å². The van der Waals surface area contributed by atoms with E-state index in [0.717, 1.165) is 38.5 Å². The van der Waals surface area contributed by atoms with Crippen molar-refractivity contribution in [2.75, 3.05) is 33.0 Å². The molecule has 3 N–H and O–H groups in total. The number of unbranched alkanes of at least 4 members (excludes halogenated alkanes) is 9. The molecule has 2 atom stereocenters. The van der Waals surface area contributed by atoms with E-state index in [1.165, 1.54) is 32.1 Å². The van der Waals surface area contributed by atoms with Crippen LogP contribution in [0.1, 0.15) is 90.9 Å². The molecule has 0 aromatic rings. The first-order valence-corrected chi connectivity index (χ1v) is 13.0. The van der Waals surface area contributed by atoms with Gasteiger partial charge in [-0.05, 0) is 12.8 Å². The van der Waals surface area contributed by atoms with Crippen molar-refractivity contribution >= 4 is 13.8 Å². The van der Waals surface area contributed by atoms with Crippen molar-refractivity contribution in [3.05, 3.63) is 0 Å². The van der Waals surface area contributed by atoms with E-state index in [1.807, 2.05) is 0 Å². The number of esters is 1. The number of hydrogen-bond donors (Lipinski definition) is 2. The molecule has 0 rings (SSSR count). The van der Waals surface area contributed by atoms with Gasteiger partial charge in [-0.3, -0.25) is 13.8 Å². The molecule has 0 radical (unpaired) electrons. The molecule has 0 aromatic heterocycles. The molecule has 0 aliphatic carbocycles. The zero-order chi connectivity index (χ0) is 22.5. The molecule has 0 heterocycles. The second-order valence-electron chi connectivity index (χ2n) is 7.50. The minimum absolute atomic E-state index is 0.0928. The molecule has 0 aliphatic heterocycles. The predicted molar refractivity (Wildman–Crippen MR) is 118 cm³/mol. The summed E-state index contributed by atoms with van der Waals surface area (Å²) in [6.07, 6.45) is 11.7. The Morgan fingerprint density at radius 1 is 0.867 bits per heavy atom. The van der Waals surface area contributed by atoms with Crippen molar-refractivity contribution in [2.45, 2.75) is 97.0 Å². The number of phosphoric ester groups is 1. The smallest absolute Gasteiger partial charge is 0.457 e. The van der Waals surface area contributed by atoms with Crippen LogP contribution >= 0.6 is 7.82 Å². The predicted octanol–water partition coefficient (Wildman–Crippen LogP) is 4.73. The molecule has 0 bridgehead atoms. The van der Waals surface area contributed by atoms with E-state index in [0.29, 0.717) is 13.0 Å². The highest BCUT2D eigenvalue weighted by Crippen LogP contribution is 2.43. The highest BCUT2D eigenvalue weighted by Gasteiger charge is 2.25. The van der Waals surface area contributed by atoms with Crippen LogP contribution in [0.5, 0.6) is 0 Å². The van der Waals surface area contributed by atoms with Crippen LogP contribution < -0.4 is 5.73 Å². The van der Waals surface area contributed by atoms with Crippen molar-refractivity contribution in [3.8, 4) is 0 Å². The van der Waals surface area contributed by atoms with Gasteiger partial charge in [0.25, 0.3) is 0 Å². The number of hydrogen-bond acceptors (Lipinski definition) is 7. The quantitative estimate of drug-likeness (QED) is 0.137. The maximum Gasteiger partial charge on any atom is 0.472 e. The average molecular weight is 454 g/mol. The summed E-state index contributed by atoms with van der Waals surface area (Å²) < 4.78 is 32.5. The van der Waals surface area contributed by atoms with Crippen molar-refractivity contribution < 1.29 is 32.8 Å². The van der Waals surface area contributed by atoms with Gasteiger partial charge in [-0.1, -0.05) is 71.6 Å². The topological polar surface area (TPSA) is 117 Å². The average Bonchev–Trinajstić information content (AvgIpc) is 2.72. The molecule has 0 fully saturated rings. The second-order valence-corrected chi connectivity index (χ2v) is 8.96. The van der Waals surface area contributed by atoms with Crippen LogP contribution in [-0.4, -0.2) is 49.9 Å². The summed E-state index contributed by atoms with van der Waals surface area (Å²) in [6.45, 7) is 4.72. The summed E-state index contributed by atoms with van der Waals surface area (Å²) in [6, 6.07) is 0. The van der Waals surface area contributed by atoms with Crippen molar-refractivity contribution in [2.24, 2.45) is 5.73 Å². The molecule has 0 amide bonds. The van der Waals surface area contributed by atoms with Gasteiger partial charge in [-0.15, -0.1) is 0 Å². The number of carbonyl (C=O) groups is 1. The van der Waals surface area contributed by atoms with Gasteiger partial charge in [0, 0.05) is 19.6 Å². The second kappa shape index (κ2) is 20.4. The van der Waals surface area contributed by atoms with Crippen LogP contribution in [0.4, 0.5) is 0 Å².